The highest BCUT2D eigenvalue weighted by molar-refractivity contribution is 9.28. The van der Waals surface area contributed by atoms with Gasteiger partial charge in [0.1, 0.15) is 6.61 Å². The van der Waals surface area contributed by atoms with Crippen LogP contribution in [-0.4, -0.2) is 7.11 Å². The Hall–Kier alpha value is -1.26. The zero-order chi connectivity index (χ0) is 14.4. The molecule has 2 aromatic carbocycles. The van der Waals surface area contributed by atoms with Crippen LogP contribution in [0.3, 0.4) is 0 Å². The first-order valence-electron chi connectivity index (χ1n) is 6.07. The standard InChI is InChI=1S/C16H14Br2O2/c1-19-14-9-5-8-13(10-15(17)18)16(14)20-11-12-6-3-2-4-7-12/h2-10H,11H2,1H3. The molecule has 2 aromatic rings. The summed E-state index contributed by atoms with van der Waals surface area (Å²) in [5, 5.41) is 0. The summed E-state index contributed by atoms with van der Waals surface area (Å²) < 4.78 is 12.2. The number of benzene rings is 2. The largest absolute Gasteiger partial charge is 0.493 e. The van der Waals surface area contributed by atoms with Gasteiger partial charge in [-0.05, 0) is 49.6 Å². The summed E-state index contributed by atoms with van der Waals surface area (Å²) in [6, 6.07) is 15.8. The molecule has 0 unspecified atom stereocenters. The first-order chi connectivity index (χ1) is 9.70. The third kappa shape index (κ3) is 4.12. The van der Waals surface area contributed by atoms with Crippen LogP contribution < -0.4 is 9.47 Å². The van der Waals surface area contributed by atoms with Gasteiger partial charge in [-0.25, -0.2) is 0 Å². The van der Waals surface area contributed by atoms with Gasteiger partial charge >= 0.3 is 0 Å². The van der Waals surface area contributed by atoms with E-state index in [0.29, 0.717) is 6.61 Å². The summed E-state index contributed by atoms with van der Waals surface area (Å²) in [7, 11) is 1.64. The van der Waals surface area contributed by atoms with Crippen LogP contribution in [0, 0.1) is 0 Å². The Morgan fingerprint density at radius 2 is 1.80 bits per heavy atom. The monoisotopic (exact) mass is 396 g/mol. The predicted molar refractivity (Wildman–Crippen MR) is 89.6 cm³/mol. The summed E-state index contributed by atoms with van der Waals surface area (Å²) in [5.74, 6) is 1.45. The first kappa shape index (κ1) is 15.1. The average Bonchev–Trinajstić information content (AvgIpc) is 2.46. The molecule has 0 aliphatic rings. The lowest BCUT2D eigenvalue weighted by Crippen LogP contribution is -1.99. The lowest BCUT2D eigenvalue weighted by atomic mass is 10.2. The molecule has 104 valence electrons. The minimum absolute atomic E-state index is 0.502. The molecule has 2 rings (SSSR count). The van der Waals surface area contributed by atoms with Gasteiger partial charge in [-0.1, -0.05) is 42.5 Å². The SMILES string of the molecule is COc1cccc(C=C(Br)Br)c1OCc1ccccc1. The molecule has 0 saturated carbocycles. The molecule has 0 N–H and O–H groups in total. The van der Waals surface area contributed by atoms with Crippen molar-refractivity contribution in [1.29, 1.82) is 0 Å². The first-order valence-corrected chi connectivity index (χ1v) is 7.65. The molecule has 0 heterocycles. The molecular formula is C16H14Br2O2. The van der Waals surface area contributed by atoms with Gasteiger partial charge in [0.25, 0.3) is 0 Å². The van der Waals surface area contributed by atoms with Gasteiger partial charge in [0, 0.05) is 5.56 Å². The van der Waals surface area contributed by atoms with E-state index in [-0.39, 0.29) is 0 Å². The van der Waals surface area contributed by atoms with E-state index in [1.807, 2.05) is 54.6 Å². The van der Waals surface area contributed by atoms with Crippen LogP contribution in [-0.2, 0) is 6.61 Å². The summed E-state index contributed by atoms with van der Waals surface area (Å²) in [5.41, 5.74) is 2.07. The fraction of sp³-hybridized carbons (Fsp3) is 0.125. The number of hydrogen-bond donors (Lipinski definition) is 0. The van der Waals surface area contributed by atoms with E-state index in [9.17, 15) is 0 Å². The Bertz CT molecular complexity index is 591. The molecule has 0 aliphatic carbocycles. The van der Waals surface area contributed by atoms with Crippen LogP contribution in [0.25, 0.3) is 6.08 Å². The molecule has 0 radical (unpaired) electrons. The fourth-order valence-corrected chi connectivity index (χ4v) is 2.30. The highest BCUT2D eigenvalue weighted by Gasteiger charge is 2.09. The number of para-hydroxylation sites is 1. The molecule has 4 heteroatoms. The van der Waals surface area contributed by atoms with Crippen molar-refractivity contribution in [3.8, 4) is 11.5 Å². The van der Waals surface area contributed by atoms with Gasteiger partial charge in [0.05, 0.1) is 10.5 Å². The van der Waals surface area contributed by atoms with Gasteiger partial charge in [0.15, 0.2) is 11.5 Å². The third-order valence-electron chi connectivity index (χ3n) is 2.72. The lowest BCUT2D eigenvalue weighted by Gasteiger charge is -2.13. The van der Waals surface area contributed by atoms with Crippen LogP contribution in [0.2, 0.25) is 0 Å². The summed E-state index contributed by atoms with van der Waals surface area (Å²) in [4.78, 5) is 0. The zero-order valence-electron chi connectivity index (χ0n) is 11.0. The van der Waals surface area contributed by atoms with Crippen LogP contribution in [0.4, 0.5) is 0 Å². The van der Waals surface area contributed by atoms with Crippen molar-refractivity contribution < 1.29 is 9.47 Å². The molecule has 20 heavy (non-hydrogen) atoms. The fourth-order valence-electron chi connectivity index (χ4n) is 1.81. The van der Waals surface area contributed by atoms with E-state index in [1.165, 1.54) is 0 Å². The molecule has 0 aliphatic heterocycles. The van der Waals surface area contributed by atoms with Crippen molar-refractivity contribution >= 4 is 37.9 Å². The molecule has 0 bridgehead atoms. The molecule has 0 aromatic heterocycles. The van der Waals surface area contributed by atoms with Crippen LogP contribution in [0.5, 0.6) is 11.5 Å². The minimum Gasteiger partial charge on any atom is -0.493 e. The van der Waals surface area contributed by atoms with Gasteiger partial charge in [-0.15, -0.1) is 0 Å². The normalized spacial score (nSPS) is 9.95. The zero-order valence-corrected chi connectivity index (χ0v) is 14.1. The Morgan fingerprint density at radius 1 is 1.05 bits per heavy atom. The Balaban J connectivity index is 2.27. The molecular weight excluding hydrogens is 384 g/mol. The van der Waals surface area contributed by atoms with Crippen molar-refractivity contribution in [1.82, 2.24) is 0 Å². The molecule has 0 fully saturated rings. The van der Waals surface area contributed by atoms with Crippen molar-refractivity contribution in [2.45, 2.75) is 6.61 Å². The predicted octanol–water partition coefficient (Wildman–Crippen LogP) is 5.36. The Morgan fingerprint density at radius 3 is 2.45 bits per heavy atom. The maximum atomic E-state index is 5.93. The van der Waals surface area contributed by atoms with Crippen LogP contribution in [0.1, 0.15) is 11.1 Å². The van der Waals surface area contributed by atoms with Gasteiger partial charge in [-0.3, -0.25) is 0 Å². The summed E-state index contributed by atoms with van der Waals surface area (Å²) in [6.07, 6.45) is 1.93. The number of halogens is 2. The van der Waals surface area contributed by atoms with Crippen molar-refractivity contribution in [3.05, 3.63) is 63.0 Å². The van der Waals surface area contributed by atoms with E-state index < -0.39 is 0 Å². The van der Waals surface area contributed by atoms with Crippen molar-refractivity contribution in [2.75, 3.05) is 7.11 Å². The molecule has 0 amide bonds. The molecule has 2 nitrogen and oxygen atoms in total. The maximum absolute atomic E-state index is 5.93. The summed E-state index contributed by atoms with van der Waals surface area (Å²) >= 11 is 6.74. The average molecular weight is 398 g/mol. The topological polar surface area (TPSA) is 18.5 Å². The van der Waals surface area contributed by atoms with Crippen LogP contribution in [0.15, 0.2) is 51.9 Å². The smallest absolute Gasteiger partial charge is 0.168 e. The van der Waals surface area contributed by atoms with E-state index in [1.54, 1.807) is 7.11 Å². The second-order valence-corrected chi connectivity index (χ2v) is 6.86. The minimum atomic E-state index is 0.502. The highest BCUT2D eigenvalue weighted by Crippen LogP contribution is 2.34. The van der Waals surface area contributed by atoms with Crippen LogP contribution >= 0.6 is 31.9 Å². The van der Waals surface area contributed by atoms with E-state index in [4.69, 9.17) is 9.47 Å². The number of ether oxygens (including phenoxy) is 2. The van der Waals surface area contributed by atoms with E-state index in [2.05, 4.69) is 31.9 Å². The number of hydrogen-bond acceptors (Lipinski definition) is 2. The highest BCUT2D eigenvalue weighted by atomic mass is 79.9. The van der Waals surface area contributed by atoms with Gasteiger partial charge in [0.2, 0.25) is 0 Å². The Kier molecular flexibility index (Phi) is 5.68. The Labute approximate surface area is 135 Å². The van der Waals surface area contributed by atoms with Gasteiger partial charge in [-0.2, -0.15) is 0 Å². The number of rotatable bonds is 5. The van der Waals surface area contributed by atoms with E-state index >= 15 is 0 Å². The summed E-state index contributed by atoms with van der Waals surface area (Å²) in [6.45, 7) is 0.502. The molecule has 0 atom stereocenters. The second kappa shape index (κ2) is 7.50. The van der Waals surface area contributed by atoms with Crippen molar-refractivity contribution in [2.24, 2.45) is 0 Å². The van der Waals surface area contributed by atoms with E-state index in [0.717, 1.165) is 26.0 Å². The quantitative estimate of drug-likeness (QED) is 0.675. The second-order valence-electron chi connectivity index (χ2n) is 4.09. The third-order valence-corrected chi connectivity index (χ3v) is 3.18. The molecule has 0 saturated heterocycles. The van der Waals surface area contributed by atoms with Gasteiger partial charge < -0.3 is 9.47 Å². The molecule has 0 spiro atoms. The lowest BCUT2D eigenvalue weighted by molar-refractivity contribution is 0.284. The maximum Gasteiger partial charge on any atom is 0.168 e. The van der Waals surface area contributed by atoms with Crippen molar-refractivity contribution in [3.63, 3.8) is 0 Å². The number of methoxy groups -OCH3 is 1.